The van der Waals surface area contributed by atoms with Gasteiger partial charge in [0.2, 0.25) is 0 Å². The van der Waals surface area contributed by atoms with Crippen molar-refractivity contribution < 1.29 is 14.6 Å². The Morgan fingerprint density at radius 1 is 1.52 bits per heavy atom. The van der Waals surface area contributed by atoms with Crippen molar-refractivity contribution in [3.8, 4) is 5.75 Å². The van der Waals surface area contributed by atoms with Gasteiger partial charge in [-0.3, -0.25) is 4.90 Å². The van der Waals surface area contributed by atoms with Crippen LogP contribution in [0.25, 0.3) is 0 Å². The molecule has 1 saturated heterocycles. The van der Waals surface area contributed by atoms with Gasteiger partial charge in [0.25, 0.3) is 0 Å². The Labute approximate surface area is 130 Å². The van der Waals surface area contributed by atoms with Gasteiger partial charge in [0.15, 0.2) is 0 Å². The van der Waals surface area contributed by atoms with E-state index in [4.69, 9.17) is 27.4 Å². The zero-order chi connectivity index (χ0) is 15.4. The number of ether oxygens (including phenoxy) is 2. The summed E-state index contributed by atoms with van der Waals surface area (Å²) in [6.07, 6.45) is 0.000210. The molecule has 5 nitrogen and oxygen atoms in total. The number of benzene rings is 1. The first-order valence-electron chi connectivity index (χ1n) is 6.99. The molecule has 0 bridgehead atoms. The zero-order valence-corrected chi connectivity index (χ0v) is 13.2. The molecule has 21 heavy (non-hydrogen) atoms. The van der Waals surface area contributed by atoms with E-state index in [1.54, 1.807) is 7.11 Å². The average molecular weight is 310 g/mol. The fraction of sp³-hybridized carbons (Fsp3) is 0.533. The summed E-state index contributed by atoms with van der Waals surface area (Å²) in [6, 6.07) is 5.86. The van der Waals surface area contributed by atoms with Crippen LogP contribution in [-0.4, -0.2) is 54.0 Å². The van der Waals surface area contributed by atoms with E-state index >= 15 is 0 Å². The van der Waals surface area contributed by atoms with Crippen LogP contribution in [0, 0.1) is 0 Å². The number of nitrogens with two attached hydrogens (primary N) is 1. The maximum absolute atomic E-state index is 9.27. The van der Waals surface area contributed by atoms with Gasteiger partial charge < -0.3 is 20.3 Å². The van der Waals surface area contributed by atoms with Crippen LogP contribution in [0.5, 0.6) is 5.75 Å². The van der Waals surface area contributed by atoms with E-state index in [2.05, 4.69) is 4.90 Å². The molecule has 1 aliphatic heterocycles. The third-order valence-electron chi connectivity index (χ3n) is 3.54. The van der Waals surface area contributed by atoms with Crippen LogP contribution >= 0.6 is 12.2 Å². The number of nitrogens with zero attached hydrogens (tertiary/aromatic N) is 1. The number of methoxy groups -OCH3 is 1. The fourth-order valence-electron chi connectivity index (χ4n) is 2.67. The lowest BCUT2D eigenvalue weighted by Gasteiger charge is -2.36. The summed E-state index contributed by atoms with van der Waals surface area (Å²) < 4.78 is 11.0. The van der Waals surface area contributed by atoms with Crippen molar-refractivity contribution in [1.82, 2.24) is 4.90 Å². The van der Waals surface area contributed by atoms with Crippen LogP contribution in [0.4, 0.5) is 0 Å². The van der Waals surface area contributed by atoms with Gasteiger partial charge in [-0.15, -0.1) is 0 Å². The second-order valence-corrected chi connectivity index (χ2v) is 5.78. The van der Waals surface area contributed by atoms with Crippen LogP contribution in [0.15, 0.2) is 18.2 Å². The van der Waals surface area contributed by atoms with Crippen molar-refractivity contribution in [2.45, 2.75) is 25.7 Å². The van der Waals surface area contributed by atoms with Gasteiger partial charge in [0.05, 0.1) is 31.5 Å². The molecule has 3 N–H and O–H groups in total. The molecule has 1 heterocycles. The molecule has 0 saturated carbocycles. The summed E-state index contributed by atoms with van der Waals surface area (Å²) in [6.45, 7) is 4.41. The van der Waals surface area contributed by atoms with Gasteiger partial charge in [-0.05, 0) is 24.6 Å². The molecule has 2 atom stereocenters. The molecule has 2 rings (SSSR count). The Bertz CT molecular complexity index is 510. The van der Waals surface area contributed by atoms with E-state index in [0.29, 0.717) is 10.7 Å². The summed E-state index contributed by atoms with van der Waals surface area (Å²) >= 11 is 5.01. The number of thiocarbonyl (C=S) groups is 1. The highest BCUT2D eigenvalue weighted by Crippen LogP contribution is 2.22. The molecule has 1 aromatic carbocycles. The largest absolute Gasteiger partial charge is 0.496 e. The van der Waals surface area contributed by atoms with Crippen LogP contribution in [0.2, 0.25) is 0 Å². The molecular formula is C15H22N2O3S. The zero-order valence-electron chi connectivity index (χ0n) is 12.4. The summed E-state index contributed by atoms with van der Waals surface area (Å²) in [5.74, 6) is 0.694. The van der Waals surface area contributed by atoms with Gasteiger partial charge in [-0.25, -0.2) is 0 Å². The maximum Gasteiger partial charge on any atom is 0.129 e. The highest BCUT2D eigenvalue weighted by atomic mass is 32.1. The predicted molar refractivity (Wildman–Crippen MR) is 85.6 cm³/mol. The van der Waals surface area contributed by atoms with Gasteiger partial charge in [-0.2, -0.15) is 0 Å². The number of hydrogen-bond donors (Lipinski definition) is 2. The van der Waals surface area contributed by atoms with Gasteiger partial charge >= 0.3 is 0 Å². The van der Waals surface area contributed by atoms with Crippen molar-refractivity contribution in [3.05, 3.63) is 29.3 Å². The Morgan fingerprint density at radius 3 is 2.90 bits per heavy atom. The SMILES string of the molecule is COc1cc(CN2CC(C)OC(CO)C2)ccc1C(N)=S. The molecule has 1 aromatic rings. The minimum absolute atomic E-state index is 0.0462. The molecular weight excluding hydrogens is 288 g/mol. The van der Waals surface area contributed by atoms with Crippen molar-refractivity contribution in [2.24, 2.45) is 5.73 Å². The molecule has 6 heteroatoms. The molecule has 0 aliphatic carbocycles. The highest BCUT2D eigenvalue weighted by Gasteiger charge is 2.24. The highest BCUT2D eigenvalue weighted by molar-refractivity contribution is 7.80. The lowest BCUT2D eigenvalue weighted by Crippen LogP contribution is -2.47. The van der Waals surface area contributed by atoms with E-state index in [1.807, 2.05) is 25.1 Å². The van der Waals surface area contributed by atoms with E-state index in [-0.39, 0.29) is 18.8 Å². The summed E-state index contributed by atoms with van der Waals surface area (Å²) in [7, 11) is 1.61. The fourth-order valence-corrected chi connectivity index (χ4v) is 2.83. The number of aliphatic hydroxyl groups is 1. The number of morpholine rings is 1. The number of rotatable bonds is 5. The first-order chi connectivity index (χ1) is 10.0. The minimum atomic E-state index is -0.119. The average Bonchev–Trinajstić information content (AvgIpc) is 2.46. The summed E-state index contributed by atoms with van der Waals surface area (Å²) in [4.78, 5) is 2.60. The van der Waals surface area contributed by atoms with Crippen LogP contribution < -0.4 is 10.5 Å². The predicted octanol–water partition coefficient (Wildman–Crippen LogP) is 0.911. The molecule has 0 amide bonds. The van der Waals surface area contributed by atoms with Crippen LogP contribution in [0.3, 0.4) is 0 Å². The minimum Gasteiger partial charge on any atom is -0.496 e. The summed E-state index contributed by atoms with van der Waals surface area (Å²) in [5, 5.41) is 9.27. The van der Waals surface area contributed by atoms with E-state index in [9.17, 15) is 5.11 Å². The molecule has 2 unspecified atom stereocenters. The quantitative estimate of drug-likeness (QED) is 0.788. The second-order valence-electron chi connectivity index (χ2n) is 5.34. The third kappa shape index (κ3) is 4.14. The Balaban J connectivity index is 2.10. The first kappa shape index (κ1) is 16.2. The van der Waals surface area contributed by atoms with Crippen molar-refractivity contribution in [2.75, 3.05) is 26.8 Å². The third-order valence-corrected chi connectivity index (χ3v) is 3.76. The van der Waals surface area contributed by atoms with Gasteiger partial charge in [0, 0.05) is 19.6 Å². The van der Waals surface area contributed by atoms with E-state index < -0.39 is 0 Å². The van der Waals surface area contributed by atoms with Crippen molar-refractivity contribution in [1.29, 1.82) is 0 Å². The molecule has 0 radical (unpaired) electrons. The molecule has 0 spiro atoms. The monoisotopic (exact) mass is 310 g/mol. The summed E-state index contributed by atoms with van der Waals surface area (Å²) in [5.41, 5.74) is 7.55. The normalized spacial score (nSPS) is 23.0. The molecule has 0 aromatic heterocycles. The first-order valence-corrected chi connectivity index (χ1v) is 7.39. The molecule has 116 valence electrons. The molecule has 1 aliphatic rings. The number of aliphatic hydroxyl groups excluding tert-OH is 1. The van der Waals surface area contributed by atoms with Gasteiger partial charge in [0.1, 0.15) is 10.7 Å². The van der Waals surface area contributed by atoms with Gasteiger partial charge in [-0.1, -0.05) is 18.3 Å². The molecule has 1 fully saturated rings. The lowest BCUT2D eigenvalue weighted by molar-refractivity contribution is -0.0972. The second kappa shape index (κ2) is 7.17. The standard InChI is InChI=1S/C15H22N2O3S/c1-10-6-17(8-12(9-18)20-10)7-11-3-4-13(15(16)21)14(5-11)19-2/h3-5,10,12,18H,6-9H2,1-2H3,(H2,16,21). The van der Waals surface area contributed by atoms with E-state index in [0.717, 1.165) is 30.8 Å². The Morgan fingerprint density at radius 2 is 2.29 bits per heavy atom. The topological polar surface area (TPSA) is 68.0 Å². The van der Waals surface area contributed by atoms with E-state index in [1.165, 1.54) is 0 Å². The van der Waals surface area contributed by atoms with Crippen LogP contribution in [0.1, 0.15) is 18.1 Å². The van der Waals surface area contributed by atoms with Crippen molar-refractivity contribution in [3.63, 3.8) is 0 Å². The van der Waals surface area contributed by atoms with Crippen molar-refractivity contribution >= 4 is 17.2 Å². The maximum atomic E-state index is 9.27. The smallest absolute Gasteiger partial charge is 0.129 e. The van der Waals surface area contributed by atoms with Crippen LogP contribution in [-0.2, 0) is 11.3 Å². The number of hydrogen-bond acceptors (Lipinski definition) is 5. The lowest BCUT2D eigenvalue weighted by atomic mass is 10.1. The Hall–Kier alpha value is -1.21. The Kier molecular flexibility index (Phi) is 5.52.